The van der Waals surface area contributed by atoms with Gasteiger partial charge in [-0.1, -0.05) is 29.8 Å². The van der Waals surface area contributed by atoms with E-state index in [1.165, 1.54) is 11.1 Å². The molecule has 0 aromatic heterocycles. The number of hydrogen-bond donors (Lipinski definition) is 2. The molecule has 1 fully saturated rings. The Morgan fingerprint density at radius 1 is 1.35 bits per heavy atom. The number of carbonyl (C=O) groups is 1. The number of benzene rings is 1. The van der Waals surface area contributed by atoms with Crippen molar-refractivity contribution in [2.75, 3.05) is 6.54 Å². The van der Waals surface area contributed by atoms with Crippen molar-refractivity contribution < 1.29 is 9.53 Å². The summed E-state index contributed by atoms with van der Waals surface area (Å²) >= 11 is 0. The second-order valence-electron chi connectivity index (χ2n) is 7.78. The first-order chi connectivity index (χ1) is 10.7. The molecule has 23 heavy (non-hydrogen) atoms. The van der Waals surface area contributed by atoms with E-state index < -0.39 is 5.60 Å². The molecule has 128 valence electrons. The lowest BCUT2D eigenvalue weighted by atomic mass is 9.76. The second kappa shape index (κ2) is 6.91. The fourth-order valence-electron chi connectivity index (χ4n) is 2.88. The second-order valence-corrected chi connectivity index (χ2v) is 7.78. The van der Waals surface area contributed by atoms with Crippen LogP contribution in [0.2, 0.25) is 0 Å². The van der Waals surface area contributed by atoms with Crippen molar-refractivity contribution in [1.82, 2.24) is 10.6 Å². The topological polar surface area (TPSA) is 50.4 Å². The molecule has 0 aliphatic heterocycles. The molecule has 2 rings (SSSR count). The molecule has 1 aromatic rings. The van der Waals surface area contributed by atoms with Gasteiger partial charge in [0.2, 0.25) is 0 Å². The number of hydrogen-bond acceptors (Lipinski definition) is 3. The maximum atomic E-state index is 12.1. The van der Waals surface area contributed by atoms with Gasteiger partial charge in [-0.15, -0.1) is 0 Å². The molecule has 1 saturated carbocycles. The molecule has 0 bridgehead atoms. The molecule has 0 saturated heterocycles. The number of aryl methyl sites for hydroxylation is 1. The van der Waals surface area contributed by atoms with Crippen LogP contribution in [0.15, 0.2) is 24.3 Å². The lowest BCUT2D eigenvalue weighted by Crippen LogP contribution is -2.60. The van der Waals surface area contributed by atoms with E-state index in [1.54, 1.807) is 0 Å². The van der Waals surface area contributed by atoms with Gasteiger partial charge in [0.05, 0.1) is 5.54 Å². The average Bonchev–Trinajstić information content (AvgIpc) is 2.39. The Kier molecular flexibility index (Phi) is 5.35. The minimum atomic E-state index is -0.461. The summed E-state index contributed by atoms with van der Waals surface area (Å²) in [6, 6.07) is 8.79. The third-order valence-corrected chi connectivity index (χ3v) is 4.37. The molecule has 1 aliphatic rings. The third kappa shape index (κ3) is 5.24. The van der Waals surface area contributed by atoms with Crippen molar-refractivity contribution >= 4 is 6.09 Å². The highest BCUT2D eigenvalue weighted by atomic mass is 16.6. The molecule has 0 heterocycles. The minimum Gasteiger partial charge on any atom is -0.444 e. The van der Waals surface area contributed by atoms with Gasteiger partial charge >= 0.3 is 6.09 Å². The number of amides is 1. The van der Waals surface area contributed by atoms with Crippen LogP contribution in [-0.2, 0) is 4.74 Å². The predicted molar refractivity (Wildman–Crippen MR) is 93.5 cm³/mol. The minimum absolute atomic E-state index is 0.166. The van der Waals surface area contributed by atoms with Gasteiger partial charge in [-0.05, 0) is 59.4 Å². The smallest absolute Gasteiger partial charge is 0.408 e. The fraction of sp³-hybridized carbons (Fsp3) is 0.632. The Labute approximate surface area is 140 Å². The number of rotatable bonds is 5. The molecule has 2 N–H and O–H groups in total. The Morgan fingerprint density at radius 2 is 2.04 bits per heavy atom. The highest BCUT2D eigenvalue weighted by molar-refractivity contribution is 5.69. The fourth-order valence-corrected chi connectivity index (χ4v) is 2.88. The van der Waals surface area contributed by atoms with Gasteiger partial charge in [0.15, 0.2) is 0 Å². The summed E-state index contributed by atoms with van der Waals surface area (Å²) in [5.41, 5.74) is 1.91. The number of ether oxygens (including phenoxy) is 1. The van der Waals surface area contributed by atoms with Crippen LogP contribution in [0.3, 0.4) is 0 Å². The number of carbonyl (C=O) groups excluding carboxylic acids is 1. The molecule has 0 radical (unpaired) electrons. The molecule has 4 heteroatoms. The van der Waals surface area contributed by atoms with E-state index in [1.807, 2.05) is 20.8 Å². The van der Waals surface area contributed by atoms with Crippen LogP contribution in [0.25, 0.3) is 0 Å². The van der Waals surface area contributed by atoms with E-state index in [9.17, 15) is 4.79 Å². The first kappa shape index (κ1) is 17.8. The van der Waals surface area contributed by atoms with Gasteiger partial charge in [-0.3, -0.25) is 0 Å². The molecule has 4 nitrogen and oxygen atoms in total. The van der Waals surface area contributed by atoms with Crippen molar-refractivity contribution in [2.24, 2.45) is 0 Å². The molecule has 1 aromatic carbocycles. The van der Waals surface area contributed by atoms with Crippen LogP contribution in [0.1, 0.15) is 64.1 Å². The number of alkyl carbamates (subject to hydrolysis) is 1. The molecule has 0 spiro atoms. The summed E-state index contributed by atoms with van der Waals surface area (Å²) in [6.45, 7) is 10.7. The van der Waals surface area contributed by atoms with Crippen molar-refractivity contribution in [3.8, 4) is 0 Å². The Morgan fingerprint density at radius 3 is 2.57 bits per heavy atom. The van der Waals surface area contributed by atoms with Crippen molar-refractivity contribution in [3.05, 3.63) is 35.4 Å². The van der Waals surface area contributed by atoms with Gasteiger partial charge in [0.25, 0.3) is 0 Å². The Hall–Kier alpha value is -1.55. The normalized spacial score (nSPS) is 18.0. The van der Waals surface area contributed by atoms with Gasteiger partial charge in [0.1, 0.15) is 5.60 Å². The van der Waals surface area contributed by atoms with Crippen molar-refractivity contribution in [1.29, 1.82) is 0 Å². The third-order valence-electron chi connectivity index (χ3n) is 4.37. The van der Waals surface area contributed by atoms with Crippen LogP contribution in [-0.4, -0.2) is 23.8 Å². The zero-order chi connectivity index (χ0) is 17.1. The van der Waals surface area contributed by atoms with Crippen LogP contribution in [0.4, 0.5) is 4.79 Å². The number of nitrogens with one attached hydrogen (secondary N) is 2. The van der Waals surface area contributed by atoms with E-state index in [2.05, 4.69) is 48.7 Å². The lowest BCUT2D eigenvalue weighted by molar-refractivity contribution is 0.0379. The summed E-state index contributed by atoms with van der Waals surface area (Å²) in [5, 5.41) is 6.65. The summed E-state index contributed by atoms with van der Waals surface area (Å²) in [6.07, 6.45) is 2.83. The van der Waals surface area contributed by atoms with Gasteiger partial charge in [-0.25, -0.2) is 4.79 Å². The first-order valence-corrected chi connectivity index (χ1v) is 8.50. The van der Waals surface area contributed by atoms with Crippen molar-refractivity contribution in [2.45, 2.75) is 71.1 Å². The van der Waals surface area contributed by atoms with E-state index >= 15 is 0 Å². The van der Waals surface area contributed by atoms with Crippen molar-refractivity contribution in [3.63, 3.8) is 0 Å². The summed E-state index contributed by atoms with van der Waals surface area (Å²) in [5.74, 6) is 0. The molecule has 1 amide bonds. The van der Waals surface area contributed by atoms with E-state index in [4.69, 9.17) is 4.74 Å². The maximum absolute atomic E-state index is 12.1. The maximum Gasteiger partial charge on any atom is 0.408 e. The van der Waals surface area contributed by atoms with E-state index in [-0.39, 0.29) is 17.7 Å². The molecule has 1 aliphatic carbocycles. The monoisotopic (exact) mass is 318 g/mol. The van der Waals surface area contributed by atoms with Crippen LogP contribution < -0.4 is 10.6 Å². The van der Waals surface area contributed by atoms with E-state index in [0.29, 0.717) is 0 Å². The summed E-state index contributed by atoms with van der Waals surface area (Å²) in [7, 11) is 0. The van der Waals surface area contributed by atoms with Crippen LogP contribution in [0.5, 0.6) is 0 Å². The van der Waals surface area contributed by atoms with Gasteiger partial charge < -0.3 is 15.4 Å². The van der Waals surface area contributed by atoms with Gasteiger partial charge in [0, 0.05) is 12.6 Å². The largest absolute Gasteiger partial charge is 0.444 e. The molecular formula is C19H30N2O2. The zero-order valence-electron chi connectivity index (χ0n) is 15.0. The zero-order valence-corrected chi connectivity index (χ0v) is 15.0. The first-order valence-electron chi connectivity index (χ1n) is 8.50. The summed E-state index contributed by atoms with van der Waals surface area (Å²) < 4.78 is 5.40. The molecule has 1 unspecified atom stereocenters. The van der Waals surface area contributed by atoms with E-state index in [0.717, 1.165) is 25.8 Å². The molecular weight excluding hydrogens is 288 g/mol. The highest BCUT2D eigenvalue weighted by Crippen LogP contribution is 2.32. The lowest BCUT2D eigenvalue weighted by Gasteiger charge is -2.43. The summed E-state index contributed by atoms with van der Waals surface area (Å²) in [4.78, 5) is 12.1. The SMILES string of the molecule is Cc1cccc(C(C)NCC2(NC(=O)OC(C)(C)C)CCC2)c1. The molecule has 1 atom stereocenters. The standard InChI is InChI=1S/C19H30N2O2/c1-14-8-6-9-16(12-14)15(2)20-13-19(10-7-11-19)21-17(22)23-18(3,4)5/h6,8-9,12,15,20H,7,10-11,13H2,1-5H3,(H,21,22). The highest BCUT2D eigenvalue weighted by Gasteiger charge is 2.39. The van der Waals surface area contributed by atoms with Gasteiger partial charge in [-0.2, -0.15) is 0 Å². The Bertz CT molecular complexity index is 545. The van der Waals surface area contributed by atoms with Crippen LogP contribution >= 0.6 is 0 Å². The quantitative estimate of drug-likeness (QED) is 0.859. The average molecular weight is 318 g/mol. The predicted octanol–water partition coefficient (Wildman–Crippen LogP) is 4.09. The Balaban J connectivity index is 1.90. The van der Waals surface area contributed by atoms with Crippen LogP contribution in [0, 0.1) is 6.92 Å².